The molecule has 96 valence electrons. The number of aliphatic imine (C=N–C) groups is 1. The minimum atomic E-state index is 0. The molecule has 2 N–H and O–H groups in total. The number of ether oxygens (including phenoxy) is 1. The van der Waals surface area contributed by atoms with Crippen molar-refractivity contribution in [2.24, 2.45) is 4.99 Å². The highest BCUT2D eigenvalue weighted by Crippen LogP contribution is 2.18. The van der Waals surface area contributed by atoms with E-state index < -0.39 is 0 Å². The van der Waals surface area contributed by atoms with E-state index in [0.29, 0.717) is 0 Å². The Hall–Kier alpha value is -0.980. The molecular formula is C12H20IN3O. The van der Waals surface area contributed by atoms with Crippen molar-refractivity contribution in [3.05, 3.63) is 29.3 Å². The lowest BCUT2D eigenvalue weighted by atomic mass is 10.1. The highest BCUT2D eigenvalue weighted by atomic mass is 127. The molecule has 0 aliphatic heterocycles. The summed E-state index contributed by atoms with van der Waals surface area (Å²) in [6, 6.07) is 6.13. The Kier molecular flexibility index (Phi) is 7.69. The van der Waals surface area contributed by atoms with Gasteiger partial charge in [0.15, 0.2) is 5.96 Å². The smallest absolute Gasteiger partial charge is 0.190 e. The van der Waals surface area contributed by atoms with Crippen LogP contribution >= 0.6 is 24.0 Å². The molecule has 1 aromatic rings. The van der Waals surface area contributed by atoms with Gasteiger partial charge in [-0.1, -0.05) is 12.1 Å². The van der Waals surface area contributed by atoms with Gasteiger partial charge in [-0.15, -0.1) is 24.0 Å². The third kappa shape index (κ3) is 4.80. The Bertz CT molecular complexity index is 380. The zero-order chi connectivity index (χ0) is 12.0. The van der Waals surface area contributed by atoms with Crippen LogP contribution < -0.4 is 15.4 Å². The van der Waals surface area contributed by atoms with Crippen LogP contribution in [-0.2, 0) is 6.54 Å². The molecule has 0 bridgehead atoms. The number of halogens is 1. The number of methoxy groups -OCH3 is 1. The number of nitrogens with one attached hydrogen (secondary N) is 2. The van der Waals surface area contributed by atoms with Crippen LogP contribution in [0.3, 0.4) is 0 Å². The van der Waals surface area contributed by atoms with Crippen LogP contribution in [0.15, 0.2) is 23.2 Å². The van der Waals surface area contributed by atoms with E-state index in [9.17, 15) is 0 Å². The molecular weight excluding hydrogens is 329 g/mol. The SMILES string of the molecule is CN=C(NC)NCc1ccc(OC)c(C)c1.I. The molecule has 17 heavy (non-hydrogen) atoms. The first-order valence-electron chi connectivity index (χ1n) is 5.23. The maximum Gasteiger partial charge on any atom is 0.190 e. The minimum absolute atomic E-state index is 0. The average Bonchev–Trinajstić information content (AvgIpc) is 2.30. The fourth-order valence-electron chi connectivity index (χ4n) is 1.52. The maximum atomic E-state index is 5.21. The van der Waals surface area contributed by atoms with Gasteiger partial charge in [0.05, 0.1) is 7.11 Å². The van der Waals surface area contributed by atoms with E-state index in [1.165, 1.54) is 5.56 Å². The second kappa shape index (κ2) is 8.16. The molecule has 0 radical (unpaired) electrons. The second-order valence-electron chi connectivity index (χ2n) is 3.48. The summed E-state index contributed by atoms with van der Waals surface area (Å²) in [5.41, 5.74) is 2.34. The van der Waals surface area contributed by atoms with Crippen molar-refractivity contribution in [2.75, 3.05) is 21.2 Å². The number of guanidine groups is 1. The van der Waals surface area contributed by atoms with E-state index in [0.717, 1.165) is 23.8 Å². The highest BCUT2D eigenvalue weighted by molar-refractivity contribution is 14.0. The Morgan fingerprint density at radius 3 is 2.59 bits per heavy atom. The van der Waals surface area contributed by atoms with Crippen molar-refractivity contribution >= 4 is 29.9 Å². The molecule has 0 fully saturated rings. The van der Waals surface area contributed by atoms with Gasteiger partial charge in [-0.3, -0.25) is 4.99 Å². The Labute approximate surface area is 120 Å². The Balaban J connectivity index is 0.00000256. The topological polar surface area (TPSA) is 45.7 Å². The molecule has 0 aromatic heterocycles. The molecule has 1 aromatic carbocycles. The number of benzene rings is 1. The lowest BCUT2D eigenvalue weighted by Crippen LogP contribution is -2.34. The fraction of sp³-hybridized carbons (Fsp3) is 0.417. The van der Waals surface area contributed by atoms with Crippen molar-refractivity contribution in [3.8, 4) is 5.75 Å². The maximum absolute atomic E-state index is 5.21. The average molecular weight is 349 g/mol. The molecule has 0 aliphatic rings. The zero-order valence-corrected chi connectivity index (χ0v) is 13.0. The molecule has 0 saturated carbocycles. The van der Waals surface area contributed by atoms with E-state index in [-0.39, 0.29) is 24.0 Å². The predicted molar refractivity (Wildman–Crippen MR) is 82.4 cm³/mol. The van der Waals surface area contributed by atoms with Gasteiger partial charge in [0.25, 0.3) is 0 Å². The molecule has 0 unspecified atom stereocenters. The molecule has 1 rings (SSSR count). The van der Waals surface area contributed by atoms with E-state index in [1.807, 2.05) is 26.1 Å². The molecule has 0 aliphatic carbocycles. The molecule has 0 saturated heterocycles. The molecule has 0 amide bonds. The largest absolute Gasteiger partial charge is 0.496 e. The molecule has 0 spiro atoms. The van der Waals surface area contributed by atoms with Crippen LogP contribution in [0.25, 0.3) is 0 Å². The lowest BCUT2D eigenvalue weighted by Gasteiger charge is -2.10. The minimum Gasteiger partial charge on any atom is -0.496 e. The van der Waals surface area contributed by atoms with Crippen molar-refractivity contribution in [3.63, 3.8) is 0 Å². The van der Waals surface area contributed by atoms with Gasteiger partial charge in [-0.2, -0.15) is 0 Å². The first-order chi connectivity index (χ1) is 7.71. The lowest BCUT2D eigenvalue weighted by molar-refractivity contribution is 0.411. The van der Waals surface area contributed by atoms with Gasteiger partial charge in [-0.05, 0) is 24.1 Å². The summed E-state index contributed by atoms with van der Waals surface area (Å²) in [5, 5.41) is 6.17. The number of aryl methyl sites for hydroxylation is 1. The van der Waals surface area contributed by atoms with Gasteiger partial charge in [0, 0.05) is 20.6 Å². The number of nitrogens with zero attached hydrogens (tertiary/aromatic N) is 1. The molecule has 5 heteroatoms. The standard InChI is InChI=1S/C12H19N3O.HI/c1-9-7-10(5-6-11(9)16-4)8-15-12(13-2)14-3;/h5-7H,8H2,1-4H3,(H2,13,14,15);1H. The Morgan fingerprint density at radius 2 is 2.12 bits per heavy atom. The van der Waals surface area contributed by atoms with Crippen molar-refractivity contribution in [2.45, 2.75) is 13.5 Å². The third-order valence-electron chi connectivity index (χ3n) is 2.38. The second-order valence-corrected chi connectivity index (χ2v) is 3.48. The fourth-order valence-corrected chi connectivity index (χ4v) is 1.52. The molecule has 0 atom stereocenters. The first-order valence-corrected chi connectivity index (χ1v) is 5.23. The summed E-state index contributed by atoms with van der Waals surface area (Å²) in [6.45, 7) is 2.79. The summed E-state index contributed by atoms with van der Waals surface area (Å²) in [5.74, 6) is 1.70. The number of hydrogen-bond acceptors (Lipinski definition) is 2. The number of hydrogen-bond donors (Lipinski definition) is 2. The van der Waals surface area contributed by atoms with Crippen molar-refractivity contribution in [1.29, 1.82) is 0 Å². The van der Waals surface area contributed by atoms with E-state index in [1.54, 1.807) is 14.2 Å². The van der Waals surface area contributed by atoms with Crippen molar-refractivity contribution < 1.29 is 4.74 Å². The normalized spacial score (nSPS) is 10.5. The van der Waals surface area contributed by atoms with Gasteiger partial charge >= 0.3 is 0 Å². The van der Waals surface area contributed by atoms with Crippen LogP contribution in [0.1, 0.15) is 11.1 Å². The summed E-state index contributed by atoms with van der Waals surface area (Å²) >= 11 is 0. The van der Waals surface area contributed by atoms with E-state index in [4.69, 9.17) is 4.74 Å². The van der Waals surface area contributed by atoms with Crippen LogP contribution in [0.5, 0.6) is 5.75 Å². The van der Waals surface area contributed by atoms with E-state index >= 15 is 0 Å². The Morgan fingerprint density at radius 1 is 1.41 bits per heavy atom. The highest BCUT2D eigenvalue weighted by Gasteiger charge is 2.00. The van der Waals surface area contributed by atoms with Gasteiger partial charge in [0.1, 0.15) is 5.75 Å². The first kappa shape index (κ1) is 16.0. The van der Waals surface area contributed by atoms with Gasteiger partial charge in [0.2, 0.25) is 0 Å². The van der Waals surface area contributed by atoms with Gasteiger partial charge < -0.3 is 15.4 Å². The van der Waals surface area contributed by atoms with Crippen LogP contribution in [0.4, 0.5) is 0 Å². The molecule has 4 nitrogen and oxygen atoms in total. The van der Waals surface area contributed by atoms with Crippen LogP contribution in [0.2, 0.25) is 0 Å². The monoisotopic (exact) mass is 349 g/mol. The summed E-state index contributed by atoms with van der Waals surface area (Å²) < 4.78 is 5.21. The molecule has 0 heterocycles. The summed E-state index contributed by atoms with van der Waals surface area (Å²) in [4.78, 5) is 4.05. The zero-order valence-electron chi connectivity index (χ0n) is 10.7. The van der Waals surface area contributed by atoms with Crippen LogP contribution in [0, 0.1) is 6.92 Å². The summed E-state index contributed by atoms with van der Waals surface area (Å²) in [6.07, 6.45) is 0. The van der Waals surface area contributed by atoms with Gasteiger partial charge in [-0.25, -0.2) is 0 Å². The predicted octanol–water partition coefficient (Wildman–Crippen LogP) is 1.92. The van der Waals surface area contributed by atoms with E-state index in [2.05, 4.69) is 21.7 Å². The third-order valence-corrected chi connectivity index (χ3v) is 2.38. The quantitative estimate of drug-likeness (QED) is 0.498. The number of rotatable bonds is 3. The van der Waals surface area contributed by atoms with Crippen LogP contribution in [-0.4, -0.2) is 27.2 Å². The summed E-state index contributed by atoms with van der Waals surface area (Å²) in [7, 11) is 5.27. The van der Waals surface area contributed by atoms with Crippen molar-refractivity contribution in [1.82, 2.24) is 10.6 Å².